The third-order valence-electron chi connectivity index (χ3n) is 6.89. The lowest BCUT2D eigenvalue weighted by Crippen LogP contribution is -2.44. The van der Waals surface area contributed by atoms with E-state index >= 15 is 0 Å². The fourth-order valence-electron chi connectivity index (χ4n) is 5.86. The Kier molecular flexibility index (Phi) is 3.85. The lowest BCUT2D eigenvalue weighted by molar-refractivity contribution is -0.0217. The number of hydrogen-bond donors (Lipinski definition) is 3. The van der Waals surface area contributed by atoms with Gasteiger partial charge in [-0.1, -0.05) is 13.0 Å². The monoisotopic (exact) mass is 352 g/mol. The normalized spacial score (nSPS) is 38.3. The van der Waals surface area contributed by atoms with Crippen LogP contribution in [0.1, 0.15) is 56.1 Å². The van der Waals surface area contributed by atoms with Crippen molar-refractivity contribution in [1.82, 2.24) is 0 Å². The maximum atomic E-state index is 11.3. The molecule has 24 heavy (non-hydrogen) atoms. The molecule has 2 fully saturated rings. The molecular weight excluding hydrogens is 327 g/mol. The molecule has 132 valence electrons. The first-order chi connectivity index (χ1) is 11.3. The third kappa shape index (κ3) is 2.62. The second-order valence-electron chi connectivity index (χ2n) is 8.01. The van der Waals surface area contributed by atoms with Crippen molar-refractivity contribution in [1.29, 1.82) is 0 Å². The molecule has 1 aromatic rings. The van der Waals surface area contributed by atoms with Crippen LogP contribution in [0, 0.1) is 17.3 Å². The van der Waals surface area contributed by atoms with Gasteiger partial charge in [0.25, 0.3) is 0 Å². The van der Waals surface area contributed by atoms with Gasteiger partial charge in [-0.15, -0.1) is 0 Å². The molecule has 4 rings (SSSR count). The van der Waals surface area contributed by atoms with Gasteiger partial charge in [0.15, 0.2) is 0 Å². The van der Waals surface area contributed by atoms with Crippen molar-refractivity contribution in [2.24, 2.45) is 17.3 Å². The first kappa shape index (κ1) is 16.6. The van der Waals surface area contributed by atoms with Gasteiger partial charge in [0.1, 0.15) is 5.75 Å². The molecule has 0 aromatic heterocycles. The van der Waals surface area contributed by atoms with Crippen molar-refractivity contribution < 1.29 is 24.0 Å². The molecule has 0 spiro atoms. The Morgan fingerprint density at radius 1 is 1.21 bits per heavy atom. The van der Waals surface area contributed by atoms with Gasteiger partial charge >= 0.3 is 7.82 Å². The van der Waals surface area contributed by atoms with Crippen molar-refractivity contribution in [3.8, 4) is 5.75 Å². The van der Waals surface area contributed by atoms with Crippen molar-refractivity contribution >= 4 is 7.82 Å². The highest BCUT2D eigenvalue weighted by Crippen LogP contribution is 2.63. The molecule has 3 aliphatic rings. The summed E-state index contributed by atoms with van der Waals surface area (Å²) >= 11 is 0. The molecule has 0 aliphatic heterocycles. The molecule has 3 aliphatic carbocycles. The zero-order valence-corrected chi connectivity index (χ0v) is 14.8. The molecule has 6 heteroatoms. The minimum atomic E-state index is -4.44. The molecule has 5 nitrogen and oxygen atoms in total. The van der Waals surface area contributed by atoms with E-state index in [4.69, 9.17) is 4.52 Å². The summed E-state index contributed by atoms with van der Waals surface area (Å²) in [6.45, 7) is 2.16. The van der Waals surface area contributed by atoms with Crippen molar-refractivity contribution in [2.45, 2.75) is 57.5 Å². The molecule has 2 unspecified atom stereocenters. The molecule has 1 aromatic carbocycles. The van der Waals surface area contributed by atoms with Crippen LogP contribution in [0.4, 0.5) is 0 Å². The zero-order chi connectivity index (χ0) is 17.1. The van der Waals surface area contributed by atoms with E-state index in [1.54, 1.807) is 6.07 Å². The van der Waals surface area contributed by atoms with E-state index in [0.29, 0.717) is 23.5 Å². The molecule has 2 saturated carbocycles. The lowest BCUT2D eigenvalue weighted by Gasteiger charge is -2.50. The number of aromatic hydroxyl groups is 1. The number of hydrogen-bond acceptors (Lipinski definition) is 3. The van der Waals surface area contributed by atoms with Crippen LogP contribution in [0.25, 0.3) is 0 Å². The topological polar surface area (TPSA) is 87.0 Å². The summed E-state index contributed by atoms with van der Waals surface area (Å²) in [5.41, 5.74) is 2.49. The van der Waals surface area contributed by atoms with E-state index in [1.807, 2.05) is 6.07 Å². The van der Waals surface area contributed by atoms with Crippen LogP contribution in [0.15, 0.2) is 18.2 Å². The second-order valence-corrected chi connectivity index (χ2v) is 9.20. The number of phosphoric ester groups is 1. The van der Waals surface area contributed by atoms with Crippen LogP contribution in [-0.2, 0) is 15.5 Å². The smallest absolute Gasteiger partial charge is 0.469 e. The number of aryl methyl sites for hydroxylation is 1. The van der Waals surface area contributed by atoms with Crippen molar-refractivity contribution in [2.75, 3.05) is 0 Å². The van der Waals surface area contributed by atoms with E-state index in [9.17, 15) is 19.5 Å². The average molecular weight is 352 g/mol. The molecule has 0 saturated heterocycles. The van der Waals surface area contributed by atoms with Crippen molar-refractivity contribution in [3.63, 3.8) is 0 Å². The summed E-state index contributed by atoms with van der Waals surface area (Å²) < 4.78 is 16.5. The third-order valence-corrected chi connectivity index (χ3v) is 7.42. The lowest BCUT2D eigenvalue weighted by atomic mass is 9.55. The highest BCUT2D eigenvalue weighted by atomic mass is 31.2. The predicted molar refractivity (Wildman–Crippen MR) is 89.6 cm³/mol. The molecular formula is C18H25O5P. The van der Waals surface area contributed by atoms with Gasteiger partial charge in [0.2, 0.25) is 0 Å². The van der Waals surface area contributed by atoms with Crippen LogP contribution in [0.3, 0.4) is 0 Å². The van der Waals surface area contributed by atoms with Gasteiger partial charge in [-0.05, 0) is 85.0 Å². The zero-order valence-electron chi connectivity index (χ0n) is 13.9. The fourth-order valence-corrected chi connectivity index (χ4v) is 6.54. The predicted octanol–water partition coefficient (Wildman–Crippen LogP) is 3.73. The van der Waals surface area contributed by atoms with Gasteiger partial charge in [0.05, 0.1) is 6.10 Å². The van der Waals surface area contributed by atoms with Gasteiger partial charge < -0.3 is 14.9 Å². The highest BCUT2D eigenvalue weighted by Gasteiger charge is 2.56. The largest absolute Gasteiger partial charge is 0.508 e. The minimum absolute atomic E-state index is 0.142. The number of phosphoric acid groups is 1. The van der Waals surface area contributed by atoms with Gasteiger partial charge in [0, 0.05) is 0 Å². The van der Waals surface area contributed by atoms with Crippen LogP contribution in [0.2, 0.25) is 0 Å². The van der Waals surface area contributed by atoms with E-state index in [-0.39, 0.29) is 11.5 Å². The fraction of sp³-hybridized carbons (Fsp3) is 0.667. The van der Waals surface area contributed by atoms with Gasteiger partial charge in [-0.2, -0.15) is 0 Å². The first-order valence-electron chi connectivity index (χ1n) is 8.84. The van der Waals surface area contributed by atoms with Crippen LogP contribution in [-0.4, -0.2) is 21.0 Å². The maximum Gasteiger partial charge on any atom is 0.469 e. The summed E-state index contributed by atoms with van der Waals surface area (Å²) in [4.78, 5) is 18.5. The standard InChI is InChI=1S/C18H25O5P/c1-18-9-8-14-13-5-3-12(19)10-11(13)2-4-15(14)16(18)6-7-17(18)23-24(20,21)22/h3,5,10,14-17,19H,2,4,6-9H2,1H3,(H2,20,21,22)/t14?,15-,16?,17+,18+/m1/s1. The highest BCUT2D eigenvalue weighted by molar-refractivity contribution is 7.46. The van der Waals surface area contributed by atoms with E-state index in [0.717, 1.165) is 38.5 Å². The Hall–Kier alpha value is -0.870. The maximum absolute atomic E-state index is 11.3. The quantitative estimate of drug-likeness (QED) is 0.706. The van der Waals surface area contributed by atoms with Crippen LogP contribution in [0.5, 0.6) is 5.75 Å². The average Bonchev–Trinajstić information content (AvgIpc) is 2.82. The molecule has 0 radical (unpaired) electrons. The Morgan fingerprint density at radius 2 is 2.00 bits per heavy atom. The Balaban J connectivity index is 1.62. The van der Waals surface area contributed by atoms with Crippen molar-refractivity contribution in [3.05, 3.63) is 29.3 Å². The van der Waals surface area contributed by atoms with E-state index < -0.39 is 7.82 Å². The minimum Gasteiger partial charge on any atom is -0.508 e. The summed E-state index contributed by atoms with van der Waals surface area (Å²) in [6.07, 6.45) is 5.39. The van der Waals surface area contributed by atoms with E-state index in [2.05, 4.69) is 13.0 Å². The molecule has 5 atom stereocenters. The van der Waals surface area contributed by atoms with Gasteiger partial charge in [-0.25, -0.2) is 4.57 Å². The Labute approximate surface area is 142 Å². The number of benzene rings is 1. The molecule has 0 bridgehead atoms. The van der Waals surface area contributed by atoms with E-state index in [1.165, 1.54) is 11.1 Å². The van der Waals surface area contributed by atoms with Crippen LogP contribution < -0.4 is 0 Å². The number of phenolic OH excluding ortho intramolecular Hbond substituents is 1. The SMILES string of the molecule is C[C@]12CCC3c4ccc(O)cc4CC[C@H]3C1CC[C@@H]2OP(=O)(O)O. The van der Waals surface area contributed by atoms with Gasteiger partial charge in [-0.3, -0.25) is 4.52 Å². The summed E-state index contributed by atoms with van der Waals surface area (Å²) in [5, 5.41) is 9.73. The summed E-state index contributed by atoms with van der Waals surface area (Å²) in [6, 6.07) is 5.75. The Morgan fingerprint density at radius 3 is 2.75 bits per heavy atom. The second kappa shape index (κ2) is 5.57. The molecule has 3 N–H and O–H groups in total. The number of phenols is 1. The molecule has 0 heterocycles. The summed E-state index contributed by atoms with van der Waals surface area (Å²) in [5.74, 6) is 1.84. The van der Waals surface area contributed by atoms with Crippen LogP contribution >= 0.6 is 7.82 Å². The summed E-state index contributed by atoms with van der Waals surface area (Å²) in [7, 11) is -4.44. The molecule has 0 amide bonds. The number of rotatable bonds is 2. The Bertz CT molecular complexity index is 699. The number of fused-ring (bicyclic) bond motifs is 5. The first-order valence-corrected chi connectivity index (χ1v) is 10.4.